The molecule has 0 radical (unpaired) electrons. The van der Waals surface area contributed by atoms with E-state index in [1.165, 1.54) is 11.8 Å². The molecule has 0 saturated carbocycles. The number of likely N-dealkylation sites (N-methyl/N-ethyl adjacent to an activating group) is 1. The summed E-state index contributed by atoms with van der Waals surface area (Å²) in [6.45, 7) is 3.65. The first-order valence-corrected chi connectivity index (χ1v) is 11.4. The summed E-state index contributed by atoms with van der Waals surface area (Å²) in [6, 6.07) is 11.1. The number of carbonyl (C=O) groups is 1. The summed E-state index contributed by atoms with van der Waals surface area (Å²) in [6.07, 6.45) is 5.15. The SMILES string of the molecule is CN1CCN(c2cnc(Sc3cncc(NC(=O)CN)c3)cc2Oc2cccc(N)c2)CC1. The number of nitrogens with two attached hydrogens (primary N) is 2. The van der Waals surface area contributed by atoms with Gasteiger partial charge in [0, 0.05) is 55.1 Å². The van der Waals surface area contributed by atoms with Gasteiger partial charge < -0.3 is 31.3 Å². The van der Waals surface area contributed by atoms with Gasteiger partial charge in [0.2, 0.25) is 5.91 Å². The summed E-state index contributed by atoms with van der Waals surface area (Å²) < 4.78 is 6.26. The Morgan fingerprint density at radius 1 is 1.15 bits per heavy atom. The van der Waals surface area contributed by atoms with Crippen molar-refractivity contribution in [1.29, 1.82) is 0 Å². The van der Waals surface area contributed by atoms with Crippen LogP contribution in [0.25, 0.3) is 0 Å². The first-order valence-electron chi connectivity index (χ1n) is 10.6. The highest BCUT2D eigenvalue weighted by Crippen LogP contribution is 2.37. The van der Waals surface area contributed by atoms with Crippen LogP contribution < -0.4 is 26.4 Å². The zero-order valence-electron chi connectivity index (χ0n) is 18.4. The molecular weight excluding hydrogens is 438 g/mol. The molecule has 10 heteroatoms. The number of carbonyl (C=O) groups excluding carboxylic acids is 1. The lowest BCUT2D eigenvalue weighted by Crippen LogP contribution is -2.44. The molecule has 4 rings (SSSR count). The van der Waals surface area contributed by atoms with E-state index >= 15 is 0 Å². The number of hydrogen-bond donors (Lipinski definition) is 3. The number of aromatic nitrogens is 2. The third kappa shape index (κ3) is 6.13. The van der Waals surface area contributed by atoms with Gasteiger partial charge in [0.25, 0.3) is 0 Å². The zero-order valence-corrected chi connectivity index (χ0v) is 19.2. The van der Waals surface area contributed by atoms with E-state index in [0.29, 0.717) is 22.9 Å². The van der Waals surface area contributed by atoms with Gasteiger partial charge in [-0.05, 0) is 25.2 Å². The van der Waals surface area contributed by atoms with Gasteiger partial charge in [-0.2, -0.15) is 0 Å². The fourth-order valence-corrected chi connectivity index (χ4v) is 4.23. The molecule has 3 aromatic rings. The van der Waals surface area contributed by atoms with E-state index in [1.807, 2.05) is 36.5 Å². The minimum absolute atomic E-state index is 0.0859. The van der Waals surface area contributed by atoms with Crippen molar-refractivity contribution in [2.45, 2.75) is 9.92 Å². The van der Waals surface area contributed by atoms with E-state index in [0.717, 1.165) is 41.8 Å². The average molecular weight is 466 g/mol. The number of nitrogens with one attached hydrogen (secondary N) is 1. The van der Waals surface area contributed by atoms with Crippen molar-refractivity contribution in [1.82, 2.24) is 14.9 Å². The topological polar surface area (TPSA) is 123 Å². The second kappa shape index (κ2) is 10.5. The number of nitrogen functional groups attached to an aromatic ring is 1. The molecule has 3 heterocycles. The Morgan fingerprint density at radius 3 is 2.73 bits per heavy atom. The predicted molar refractivity (Wildman–Crippen MR) is 131 cm³/mol. The second-order valence-electron chi connectivity index (χ2n) is 7.72. The van der Waals surface area contributed by atoms with Crippen molar-refractivity contribution in [3.05, 3.63) is 55.0 Å². The van der Waals surface area contributed by atoms with Gasteiger partial charge in [-0.3, -0.25) is 9.78 Å². The van der Waals surface area contributed by atoms with Crippen LogP contribution in [-0.2, 0) is 4.79 Å². The van der Waals surface area contributed by atoms with Crippen molar-refractivity contribution >= 4 is 34.7 Å². The minimum Gasteiger partial charge on any atom is -0.455 e. The quantitative estimate of drug-likeness (QED) is 0.452. The number of pyridine rings is 2. The van der Waals surface area contributed by atoms with Gasteiger partial charge in [-0.15, -0.1) is 0 Å². The summed E-state index contributed by atoms with van der Waals surface area (Å²) in [5, 5.41) is 3.46. The third-order valence-electron chi connectivity index (χ3n) is 5.16. The molecule has 2 aromatic heterocycles. The van der Waals surface area contributed by atoms with E-state index < -0.39 is 0 Å². The molecule has 0 bridgehead atoms. The number of anilines is 3. The van der Waals surface area contributed by atoms with Crippen LogP contribution in [0.15, 0.2) is 64.9 Å². The largest absolute Gasteiger partial charge is 0.455 e. The summed E-state index contributed by atoms with van der Waals surface area (Å²) in [5.74, 6) is 1.11. The van der Waals surface area contributed by atoms with Crippen LogP contribution in [0.4, 0.5) is 17.1 Å². The van der Waals surface area contributed by atoms with Crippen molar-refractivity contribution in [2.24, 2.45) is 5.73 Å². The van der Waals surface area contributed by atoms with Gasteiger partial charge in [0.05, 0.1) is 30.3 Å². The zero-order chi connectivity index (χ0) is 23.2. The Balaban J connectivity index is 1.60. The van der Waals surface area contributed by atoms with E-state index in [-0.39, 0.29) is 12.5 Å². The van der Waals surface area contributed by atoms with Crippen LogP contribution in [0.1, 0.15) is 0 Å². The average Bonchev–Trinajstić information content (AvgIpc) is 2.80. The summed E-state index contributed by atoms with van der Waals surface area (Å²) >= 11 is 1.43. The number of benzene rings is 1. The molecule has 1 aliphatic heterocycles. The third-order valence-corrected chi connectivity index (χ3v) is 6.05. The first-order chi connectivity index (χ1) is 16.0. The fourth-order valence-electron chi connectivity index (χ4n) is 3.41. The molecule has 0 spiro atoms. The van der Waals surface area contributed by atoms with Crippen LogP contribution in [-0.4, -0.2) is 60.5 Å². The maximum absolute atomic E-state index is 11.6. The first kappa shape index (κ1) is 22.8. The highest BCUT2D eigenvalue weighted by Gasteiger charge is 2.20. The lowest BCUT2D eigenvalue weighted by atomic mass is 10.2. The minimum atomic E-state index is -0.272. The van der Waals surface area contributed by atoms with E-state index in [1.54, 1.807) is 18.5 Å². The fraction of sp³-hybridized carbons (Fsp3) is 0.261. The summed E-state index contributed by atoms with van der Waals surface area (Å²) in [4.78, 5) is 25.9. The normalized spacial score (nSPS) is 14.2. The van der Waals surface area contributed by atoms with Gasteiger partial charge in [-0.1, -0.05) is 17.8 Å². The molecule has 0 unspecified atom stereocenters. The molecule has 1 aromatic carbocycles. The van der Waals surface area contributed by atoms with Crippen molar-refractivity contribution in [3.63, 3.8) is 0 Å². The van der Waals surface area contributed by atoms with Gasteiger partial charge >= 0.3 is 0 Å². The monoisotopic (exact) mass is 465 g/mol. The second-order valence-corrected chi connectivity index (χ2v) is 8.81. The van der Waals surface area contributed by atoms with Crippen LogP contribution in [0.2, 0.25) is 0 Å². The Labute approximate surface area is 197 Å². The Hall–Kier alpha value is -3.34. The standard InChI is InChI=1S/C23H27N7O2S/c1-29-5-7-30(8-6-29)20-15-27-23(11-21(20)32-18-4-2-3-16(25)9-18)33-19-10-17(13-26-14-19)28-22(31)12-24/h2-4,9-11,13-15H,5-8,12,24-25H2,1H3,(H,28,31). The number of nitrogens with zero attached hydrogens (tertiary/aromatic N) is 4. The molecule has 172 valence electrons. The van der Waals surface area contributed by atoms with Crippen LogP contribution in [0, 0.1) is 0 Å². The number of piperazine rings is 1. The summed E-state index contributed by atoms with van der Waals surface area (Å²) in [7, 11) is 2.12. The van der Waals surface area contributed by atoms with Crippen LogP contribution in [0.5, 0.6) is 11.5 Å². The predicted octanol–water partition coefficient (Wildman–Crippen LogP) is 2.65. The van der Waals surface area contributed by atoms with Crippen LogP contribution >= 0.6 is 11.8 Å². The molecule has 0 aliphatic carbocycles. The van der Waals surface area contributed by atoms with Crippen molar-refractivity contribution in [2.75, 3.05) is 55.7 Å². The van der Waals surface area contributed by atoms with E-state index in [4.69, 9.17) is 16.2 Å². The van der Waals surface area contributed by atoms with Crippen molar-refractivity contribution < 1.29 is 9.53 Å². The molecule has 33 heavy (non-hydrogen) atoms. The van der Waals surface area contributed by atoms with E-state index in [9.17, 15) is 4.79 Å². The van der Waals surface area contributed by atoms with Gasteiger partial charge in [-0.25, -0.2) is 4.98 Å². The van der Waals surface area contributed by atoms with Gasteiger partial charge in [0.15, 0.2) is 5.75 Å². The van der Waals surface area contributed by atoms with Crippen LogP contribution in [0.3, 0.4) is 0 Å². The molecule has 1 fully saturated rings. The Kier molecular flexibility index (Phi) is 7.28. The molecule has 5 N–H and O–H groups in total. The molecule has 1 amide bonds. The number of hydrogen-bond acceptors (Lipinski definition) is 9. The lowest BCUT2D eigenvalue weighted by molar-refractivity contribution is -0.114. The molecule has 1 saturated heterocycles. The highest BCUT2D eigenvalue weighted by atomic mass is 32.2. The number of ether oxygens (including phenoxy) is 1. The van der Waals surface area contributed by atoms with E-state index in [2.05, 4.69) is 32.1 Å². The van der Waals surface area contributed by atoms with Crippen molar-refractivity contribution in [3.8, 4) is 11.5 Å². The molecular formula is C23H27N7O2S. The number of rotatable bonds is 7. The number of amides is 1. The Bertz CT molecular complexity index is 1120. The molecule has 0 atom stereocenters. The smallest absolute Gasteiger partial charge is 0.238 e. The summed E-state index contributed by atoms with van der Waals surface area (Å²) in [5.41, 5.74) is 13.5. The molecule has 9 nitrogen and oxygen atoms in total. The maximum atomic E-state index is 11.6. The maximum Gasteiger partial charge on any atom is 0.238 e. The van der Waals surface area contributed by atoms with Gasteiger partial charge in [0.1, 0.15) is 10.8 Å². The highest BCUT2D eigenvalue weighted by molar-refractivity contribution is 7.99. The molecule has 1 aliphatic rings. The Morgan fingerprint density at radius 2 is 1.97 bits per heavy atom. The lowest BCUT2D eigenvalue weighted by Gasteiger charge is -2.34.